The predicted octanol–water partition coefficient (Wildman–Crippen LogP) is 2.96. The number of aromatic amines is 1. The fourth-order valence-corrected chi connectivity index (χ4v) is 3.47. The molecule has 2 N–H and O–H groups in total. The topological polar surface area (TPSA) is 48.1 Å². The van der Waals surface area contributed by atoms with Crippen LogP contribution in [0.25, 0.3) is 0 Å². The number of rotatable bonds is 2. The van der Waals surface area contributed by atoms with Crippen LogP contribution in [-0.2, 0) is 6.42 Å². The van der Waals surface area contributed by atoms with Crippen molar-refractivity contribution in [3.05, 3.63) is 53.3 Å². The lowest BCUT2D eigenvalue weighted by Crippen LogP contribution is -2.30. The number of carbonyl (C=O) groups is 1. The molecule has 2 aromatic rings. The summed E-state index contributed by atoms with van der Waals surface area (Å²) < 4.78 is 0. The van der Waals surface area contributed by atoms with E-state index in [2.05, 4.69) is 22.4 Å². The van der Waals surface area contributed by atoms with Crippen LogP contribution in [0.3, 0.4) is 0 Å². The number of carbonyl (C=O) groups excluding carboxylic acids is 1. The number of nitrogens with one attached hydrogen (secondary N) is 2. The number of likely N-dealkylation sites (tertiary alicyclic amines) is 1. The molecule has 1 saturated heterocycles. The second-order valence-electron chi connectivity index (χ2n) is 5.83. The van der Waals surface area contributed by atoms with E-state index in [1.165, 1.54) is 5.56 Å². The Morgan fingerprint density at radius 3 is 3.10 bits per heavy atom. The molecule has 0 bridgehead atoms. The summed E-state index contributed by atoms with van der Waals surface area (Å²) in [6, 6.07) is 10.3. The Bertz CT molecular complexity index is 663. The van der Waals surface area contributed by atoms with Crippen LogP contribution < -0.4 is 5.32 Å². The van der Waals surface area contributed by atoms with Crippen molar-refractivity contribution in [2.45, 2.75) is 25.3 Å². The third-order valence-corrected chi connectivity index (χ3v) is 4.56. The maximum Gasteiger partial charge on any atom is 0.254 e. The number of nitrogens with zero attached hydrogens (tertiary/aromatic N) is 1. The molecule has 108 valence electrons. The van der Waals surface area contributed by atoms with E-state index in [4.69, 9.17) is 0 Å². The van der Waals surface area contributed by atoms with E-state index in [9.17, 15) is 4.79 Å². The van der Waals surface area contributed by atoms with Crippen LogP contribution in [0.5, 0.6) is 0 Å². The summed E-state index contributed by atoms with van der Waals surface area (Å²) in [5.41, 5.74) is 4.37. The number of hydrogen-bond donors (Lipinski definition) is 2. The van der Waals surface area contributed by atoms with E-state index in [-0.39, 0.29) is 11.9 Å². The number of benzene rings is 1. The lowest BCUT2D eigenvalue weighted by molar-refractivity contribution is 0.0733. The molecule has 1 unspecified atom stereocenters. The first kappa shape index (κ1) is 12.5. The fraction of sp³-hybridized carbons (Fsp3) is 0.353. The first-order valence-corrected chi connectivity index (χ1v) is 7.64. The molecule has 21 heavy (non-hydrogen) atoms. The van der Waals surface area contributed by atoms with E-state index < -0.39 is 0 Å². The lowest BCUT2D eigenvalue weighted by Gasteiger charge is -2.24. The van der Waals surface area contributed by atoms with E-state index in [0.717, 1.165) is 49.3 Å². The minimum absolute atomic E-state index is 0.142. The number of aromatic nitrogens is 1. The van der Waals surface area contributed by atoms with Crippen molar-refractivity contribution < 1.29 is 4.79 Å². The van der Waals surface area contributed by atoms with Crippen LogP contribution >= 0.6 is 0 Å². The zero-order valence-corrected chi connectivity index (χ0v) is 11.9. The number of anilines is 1. The largest absolute Gasteiger partial charge is 0.384 e. The average molecular weight is 281 g/mol. The van der Waals surface area contributed by atoms with Gasteiger partial charge in [-0.05, 0) is 49.1 Å². The second kappa shape index (κ2) is 4.95. The van der Waals surface area contributed by atoms with Gasteiger partial charge in [0, 0.05) is 36.2 Å². The van der Waals surface area contributed by atoms with Gasteiger partial charge in [0.15, 0.2) is 0 Å². The van der Waals surface area contributed by atoms with Gasteiger partial charge in [0.05, 0.1) is 6.04 Å². The van der Waals surface area contributed by atoms with Gasteiger partial charge in [0.2, 0.25) is 0 Å². The molecule has 1 fully saturated rings. The van der Waals surface area contributed by atoms with Gasteiger partial charge < -0.3 is 15.2 Å². The summed E-state index contributed by atoms with van der Waals surface area (Å²) in [6.45, 7) is 1.81. The van der Waals surface area contributed by atoms with E-state index in [1.807, 2.05) is 29.3 Å². The smallest absolute Gasteiger partial charge is 0.254 e. The molecule has 0 saturated carbocycles. The van der Waals surface area contributed by atoms with E-state index in [0.29, 0.717) is 0 Å². The molecule has 1 amide bonds. The normalized spacial score (nSPS) is 20.4. The zero-order chi connectivity index (χ0) is 14.2. The van der Waals surface area contributed by atoms with Gasteiger partial charge >= 0.3 is 0 Å². The number of hydrogen-bond acceptors (Lipinski definition) is 2. The first-order chi connectivity index (χ1) is 10.3. The van der Waals surface area contributed by atoms with Gasteiger partial charge in [-0.2, -0.15) is 0 Å². The molecule has 2 aliphatic rings. The summed E-state index contributed by atoms with van der Waals surface area (Å²) in [7, 11) is 0. The molecule has 4 nitrogen and oxygen atoms in total. The number of amides is 1. The van der Waals surface area contributed by atoms with Crippen LogP contribution in [-0.4, -0.2) is 28.9 Å². The van der Waals surface area contributed by atoms with E-state index in [1.54, 1.807) is 0 Å². The predicted molar refractivity (Wildman–Crippen MR) is 82.4 cm³/mol. The highest BCUT2D eigenvalue weighted by Gasteiger charge is 2.31. The second-order valence-corrected chi connectivity index (χ2v) is 5.83. The van der Waals surface area contributed by atoms with Crippen molar-refractivity contribution >= 4 is 11.6 Å². The quantitative estimate of drug-likeness (QED) is 0.889. The van der Waals surface area contributed by atoms with Crippen LogP contribution in [0.1, 0.15) is 40.5 Å². The SMILES string of the molecule is O=C(c1ccc2c(c1)NCC2)N1CCCC1c1ccc[nH]1. The highest BCUT2D eigenvalue weighted by atomic mass is 16.2. The van der Waals surface area contributed by atoms with Gasteiger partial charge in [0.1, 0.15) is 0 Å². The maximum atomic E-state index is 12.8. The molecule has 1 aromatic heterocycles. The molecule has 3 heterocycles. The minimum Gasteiger partial charge on any atom is -0.384 e. The molecule has 4 rings (SSSR count). The third-order valence-electron chi connectivity index (χ3n) is 4.56. The number of fused-ring (bicyclic) bond motifs is 1. The van der Waals surface area contributed by atoms with Crippen LogP contribution in [0.15, 0.2) is 36.5 Å². The monoisotopic (exact) mass is 281 g/mol. The third kappa shape index (κ3) is 2.11. The van der Waals surface area contributed by atoms with Gasteiger partial charge in [0.25, 0.3) is 5.91 Å². The maximum absolute atomic E-state index is 12.8. The molecular formula is C17H19N3O. The van der Waals surface area contributed by atoms with Gasteiger partial charge in [-0.25, -0.2) is 0 Å². The molecule has 2 aliphatic heterocycles. The van der Waals surface area contributed by atoms with Crippen molar-refractivity contribution in [3.63, 3.8) is 0 Å². The highest BCUT2D eigenvalue weighted by Crippen LogP contribution is 2.33. The van der Waals surface area contributed by atoms with Crippen LogP contribution in [0.4, 0.5) is 5.69 Å². The standard InChI is InChI=1S/C17H19N3O/c21-17(13-6-5-12-7-9-19-15(12)11-13)20-10-2-4-16(20)14-3-1-8-18-14/h1,3,5-6,8,11,16,18-19H,2,4,7,9-10H2. The summed E-state index contributed by atoms with van der Waals surface area (Å²) in [5.74, 6) is 0.142. The summed E-state index contributed by atoms with van der Waals surface area (Å²) in [6.07, 6.45) is 5.09. The Kier molecular flexibility index (Phi) is 2.95. The molecule has 0 aliphatic carbocycles. The van der Waals surface area contributed by atoms with Crippen molar-refractivity contribution in [2.75, 3.05) is 18.4 Å². The van der Waals surface area contributed by atoms with Crippen LogP contribution in [0, 0.1) is 0 Å². The lowest BCUT2D eigenvalue weighted by atomic mass is 10.1. The van der Waals surface area contributed by atoms with Gasteiger partial charge in [-0.15, -0.1) is 0 Å². The summed E-state index contributed by atoms with van der Waals surface area (Å²) >= 11 is 0. The molecule has 1 aromatic carbocycles. The number of H-pyrrole nitrogens is 1. The van der Waals surface area contributed by atoms with Crippen LogP contribution in [0.2, 0.25) is 0 Å². The van der Waals surface area contributed by atoms with Crippen molar-refractivity contribution in [2.24, 2.45) is 0 Å². The first-order valence-electron chi connectivity index (χ1n) is 7.64. The Hall–Kier alpha value is -2.23. The zero-order valence-electron chi connectivity index (χ0n) is 11.9. The van der Waals surface area contributed by atoms with Gasteiger partial charge in [-0.1, -0.05) is 6.07 Å². The Morgan fingerprint density at radius 2 is 2.24 bits per heavy atom. The van der Waals surface area contributed by atoms with Crippen molar-refractivity contribution in [1.29, 1.82) is 0 Å². The molecule has 0 spiro atoms. The van der Waals surface area contributed by atoms with Crippen molar-refractivity contribution in [3.8, 4) is 0 Å². The molecular weight excluding hydrogens is 262 g/mol. The van der Waals surface area contributed by atoms with Crippen molar-refractivity contribution in [1.82, 2.24) is 9.88 Å². The molecule has 0 radical (unpaired) electrons. The molecule has 4 heteroatoms. The minimum atomic E-state index is 0.142. The fourth-order valence-electron chi connectivity index (χ4n) is 3.47. The Morgan fingerprint density at radius 1 is 1.29 bits per heavy atom. The van der Waals surface area contributed by atoms with E-state index >= 15 is 0 Å². The molecule has 1 atom stereocenters. The highest BCUT2D eigenvalue weighted by molar-refractivity contribution is 5.96. The average Bonchev–Trinajstić information content (AvgIpc) is 3.24. The Balaban J connectivity index is 1.62. The Labute approximate surface area is 124 Å². The summed E-state index contributed by atoms with van der Waals surface area (Å²) in [5, 5.41) is 3.35. The summed E-state index contributed by atoms with van der Waals surface area (Å²) in [4.78, 5) is 18.1. The van der Waals surface area contributed by atoms with Gasteiger partial charge in [-0.3, -0.25) is 4.79 Å².